The van der Waals surface area contributed by atoms with Crippen LogP contribution < -0.4 is 0 Å². The molecule has 0 atom stereocenters. The zero-order valence-electron chi connectivity index (χ0n) is 19.8. The first-order chi connectivity index (χ1) is 16.6. The summed E-state index contributed by atoms with van der Waals surface area (Å²) in [6.45, 7) is 3.27. The number of fused-ring (bicyclic) bond motifs is 2. The molecule has 0 saturated heterocycles. The first-order valence-electron chi connectivity index (χ1n) is 11.9. The van der Waals surface area contributed by atoms with E-state index in [0.717, 1.165) is 57.4 Å². The minimum atomic E-state index is 0.491. The van der Waals surface area contributed by atoms with E-state index in [4.69, 9.17) is 9.97 Å². The normalized spacial score (nSPS) is 18.0. The molecule has 1 aliphatic carbocycles. The monoisotopic (exact) mass is 448 g/mol. The molecule has 1 aromatic carbocycles. The molecule has 0 bridgehead atoms. The van der Waals surface area contributed by atoms with Crippen molar-refractivity contribution in [1.82, 2.24) is 29.2 Å². The van der Waals surface area contributed by atoms with E-state index in [1.54, 1.807) is 0 Å². The lowest BCUT2D eigenvalue weighted by atomic mass is 9.74. The number of aromatic nitrogens is 5. The number of imidazole rings is 1. The molecule has 0 aliphatic heterocycles. The summed E-state index contributed by atoms with van der Waals surface area (Å²) in [6, 6.07) is 14.5. The predicted octanol–water partition coefficient (Wildman–Crippen LogP) is 5.37. The Labute approximate surface area is 199 Å². The van der Waals surface area contributed by atoms with Gasteiger partial charge in [0.05, 0.1) is 34.3 Å². The van der Waals surface area contributed by atoms with Crippen molar-refractivity contribution < 1.29 is 0 Å². The standard InChI is InChI=1S/C28H28N6/c1-18-12-25(23-6-4-5-9-30-23)31-24-15-20(7-8-22(18)24)27-26-16-29-10-11-34(26)28(32-27)21-13-19(14-21)17-33(2)3/h4-12,15-16,19,21H,13-14,17H2,1-3H3. The van der Waals surface area contributed by atoms with Crippen molar-refractivity contribution in [3.63, 3.8) is 0 Å². The number of benzene rings is 1. The summed E-state index contributed by atoms with van der Waals surface area (Å²) >= 11 is 0. The molecule has 6 nitrogen and oxygen atoms in total. The topological polar surface area (TPSA) is 59.2 Å². The Morgan fingerprint density at radius 3 is 2.68 bits per heavy atom. The van der Waals surface area contributed by atoms with Crippen molar-refractivity contribution in [2.24, 2.45) is 5.92 Å². The summed E-state index contributed by atoms with van der Waals surface area (Å²) in [5, 5.41) is 1.15. The summed E-state index contributed by atoms with van der Waals surface area (Å²) in [4.78, 5) is 21.3. The predicted molar refractivity (Wildman–Crippen MR) is 136 cm³/mol. The van der Waals surface area contributed by atoms with Crippen LogP contribution in [0.4, 0.5) is 0 Å². The van der Waals surface area contributed by atoms with Crippen LogP contribution in [0.5, 0.6) is 0 Å². The van der Waals surface area contributed by atoms with Gasteiger partial charge in [-0.25, -0.2) is 9.97 Å². The largest absolute Gasteiger partial charge is 0.309 e. The molecule has 4 heterocycles. The molecule has 0 unspecified atom stereocenters. The second-order valence-electron chi connectivity index (χ2n) is 9.72. The van der Waals surface area contributed by atoms with Gasteiger partial charge in [-0.05, 0) is 69.6 Å². The summed E-state index contributed by atoms with van der Waals surface area (Å²) in [7, 11) is 4.30. The lowest BCUT2D eigenvalue weighted by Gasteiger charge is -2.36. The third-order valence-electron chi connectivity index (χ3n) is 6.92. The second-order valence-corrected chi connectivity index (χ2v) is 9.72. The molecule has 0 spiro atoms. The number of pyridine rings is 2. The highest BCUT2D eigenvalue weighted by atomic mass is 15.1. The fourth-order valence-corrected chi connectivity index (χ4v) is 5.27. The molecular weight excluding hydrogens is 420 g/mol. The van der Waals surface area contributed by atoms with E-state index in [1.807, 2.05) is 43.0 Å². The third kappa shape index (κ3) is 3.64. The average Bonchev–Trinajstić information content (AvgIpc) is 3.20. The molecule has 1 saturated carbocycles. The summed E-state index contributed by atoms with van der Waals surface area (Å²) in [6.07, 6.45) is 10.00. The van der Waals surface area contributed by atoms with Gasteiger partial charge < -0.3 is 4.90 Å². The molecule has 1 aliphatic rings. The fourth-order valence-electron chi connectivity index (χ4n) is 5.27. The quantitative estimate of drug-likeness (QED) is 0.362. The summed E-state index contributed by atoms with van der Waals surface area (Å²) in [5.41, 5.74) is 7.01. The lowest BCUT2D eigenvalue weighted by molar-refractivity contribution is 0.194. The summed E-state index contributed by atoms with van der Waals surface area (Å²) in [5.74, 6) is 2.38. The van der Waals surface area contributed by atoms with Crippen LogP contribution in [-0.2, 0) is 0 Å². The second kappa shape index (κ2) is 8.29. The van der Waals surface area contributed by atoms with Crippen LogP contribution in [0, 0.1) is 12.8 Å². The molecule has 0 N–H and O–H groups in total. The van der Waals surface area contributed by atoms with Crippen LogP contribution in [0.3, 0.4) is 0 Å². The highest BCUT2D eigenvalue weighted by Gasteiger charge is 2.34. The van der Waals surface area contributed by atoms with E-state index >= 15 is 0 Å². The third-order valence-corrected chi connectivity index (χ3v) is 6.92. The molecule has 0 radical (unpaired) electrons. The van der Waals surface area contributed by atoms with Gasteiger partial charge in [0, 0.05) is 42.0 Å². The number of rotatable bonds is 5. The van der Waals surface area contributed by atoms with Gasteiger partial charge >= 0.3 is 0 Å². The van der Waals surface area contributed by atoms with Gasteiger partial charge in [0.25, 0.3) is 0 Å². The molecular formula is C28H28N6. The fraction of sp³-hybridized carbons (Fsp3) is 0.286. The smallest absolute Gasteiger partial charge is 0.117 e. The van der Waals surface area contributed by atoms with E-state index < -0.39 is 0 Å². The first-order valence-corrected chi connectivity index (χ1v) is 11.9. The van der Waals surface area contributed by atoms with Gasteiger partial charge in [-0.15, -0.1) is 0 Å². The Morgan fingerprint density at radius 2 is 1.88 bits per heavy atom. The number of nitrogens with zero attached hydrogens (tertiary/aromatic N) is 6. The van der Waals surface area contributed by atoms with E-state index in [-0.39, 0.29) is 0 Å². The molecule has 0 amide bonds. The van der Waals surface area contributed by atoms with Gasteiger partial charge in [-0.3, -0.25) is 14.4 Å². The molecule has 170 valence electrons. The summed E-state index contributed by atoms with van der Waals surface area (Å²) < 4.78 is 2.23. The van der Waals surface area contributed by atoms with Crippen LogP contribution in [0.15, 0.2) is 67.3 Å². The molecule has 6 rings (SSSR count). The van der Waals surface area contributed by atoms with E-state index in [2.05, 4.69) is 64.6 Å². The van der Waals surface area contributed by atoms with Crippen molar-refractivity contribution >= 4 is 16.4 Å². The van der Waals surface area contributed by atoms with Gasteiger partial charge in [-0.1, -0.05) is 18.2 Å². The zero-order valence-corrected chi connectivity index (χ0v) is 19.8. The maximum atomic E-state index is 5.17. The van der Waals surface area contributed by atoms with Crippen molar-refractivity contribution in [1.29, 1.82) is 0 Å². The van der Waals surface area contributed by atoms with Gasteiger partial charge in [0.1, 0.15) is 5.82 Å². The van der Waals surface area contributed by atoms with Gasteiger partial charge in [0.2, 0.25) is 0 Å². The first kappa shape index (κ1) is 20.9. The minimum absolute atomic E-state index is 0.491. The minimum Gasteiger partial charge on any atom is -0.309 e. The van der Waals surface area contributed by atoms with Crippen LogP contribution in [-0.4, -0.2) is 49.9 Å². The van der Waals surface area contributed by atoms with Gasteiger partial charge in [-0.2, -0.15) is 0 Å². The number of aryl methyl sites for hydroxylation is 1. The maximum absolute atomic E-state index is 5.17. The van der Waals surface area contributed by atoms with Crippen LogP contribution >= 0.6 is 0 Å². The van der Waals surface area contributed by atoms with Crippen molar-refractivity contribution in [2.75, 3.05) is 20.6 Å². The Balaban J connectivity index is 1.42. The number of hydrogen-bond acceptors (Lipinski definition) is 5. The van der Waals surface area contributed by atoms with Crippen molar-refractivity contribution in [3.8, 4) is 22.6 Å². The lowest BCUT2D eigenvalue weighted by Crippen LogP contribution is -2.32. The molecule has 6 heteroatoms. The maximum Gasteiger partial charge on any atom is 0.117 e. The molecule has 1 fully saturated rings. The van der Waals surface area contributed by atoms with Crippen molar-refractivity contribution in [3.05, 3.63) is 78.6 Å². The zero-order chi connectivity index (χ0) is 23.2. The van der Waals surface area contributed by atoms with Crippen molar-refractivity contribution in [2.45, 2.75) is 25.7 Å². The van der Waals surface area contributed by atoms with Crippen LogP contribution in [0.2, 0.25) is 0 Å². The van der Waals surface area contributed by atoms with E-state index in [0.29, 0.717) is 5.92 Å². The molecule has 4 aromatic heterocycles. The molecule has 5 aromatic rings. The van der Waals surface area contributed by atoms with E-state index in [9.17, 15) is 0 Å². The number of hydrogen-bond donors (Lipinski definition) is 0. The highest BCUT2D eigenvalue weighted by Crippen LogP contribution is 2.43. The Bertz CT molecular complexity index is 1480. The van der Waals surface area contributed by atoms with Crippen LogP contribution in [0.25, 0.3) is 39.1 Å². The SMILES string of the molecule is Cc1cc(-c2ccccn2)nc2cc(-c3nc(C4CC(CN(C)C)C4)n4ccncc34)ccc12. The Kier molecular flexibility index (Phi) is 5.11. The Hall–Kier alpha value is -3.64. The average molecular weight is 449 g/mol. The van der Waals surface area contributed by atoms with Crippen LogP contribution in [0.1, 0.15) is 30.1 Å². The highest BCUT2D eigenvalue weighted by molar-refractivity contribution is 5.90. The Morgan fingerprint density at radius 1 is 1.00 bits per heavy atom. The molecule has 34 heavy (non-hydrogen) atoms. The van der Waals surface area contributed by atoms with Gasteiger partial charge in [0.15, 0.2) is 0 Å². The van der Waals surface area contributed by atoms with E-state index in [1.165, 1.54) is 18.4 Å².